The first-order chi connectivity index (χ1) is 12.0. The van der Waals surface area contributed by atoms with E-state index in [0.717, 1.165) is 4.57 Å². The number of aromatic nitrogens is 2. The molecular weight excluding hydrogens is 331 g/mol. The van der Waals surface area contributed by atoms with Gasteiger partial charge in [-0.1, -0.05) is 11.8 Å². The van der Waals surface area contributed by atoms with Gasteiger partial charge >= 0.3 is 5.69 Å². The molecule has 0 amide bonds. The van der Waals surface area contributed by atoms with Crippen molar-refractivity contribution in [3.63, 3.8) is 0 Å². The summed E-state index contributed by atoms with van der Waals surface area (Å²) in [5.41, 5.74) is -0.831. The summed E-state index contributed by atoms with van der Waals surface area (Å²) in [6, 6.07) is 5.43. The zero-order valence-corrected chi connectivity index (χ0v) is 13.0. The van der Waals surface area contributed by atoms with Gasteiger partial charge in [-0.15, -0.1) is 0 Å². The van der Waals surface area contributed by atoms with Crippen molar-refractivity contribution in [3.05, 3.63) is 68.2 Å². The van der Waals surface area contributed by atoms with Crippen LogP contribution < -0.4 is 11.2 Å². The number of hydrogen-bond donors (Lipinski definition) is 3. The molecule has 3 atom stereocenters. The number of aliphatic hydroxyl groups excluding tert-OH is 2. The highest BCUT2D eigenvalue weighted by molar-refractivity contribution is 5.40. The third-order valence-corrected chi connectivity index (χ3v) is 3.85. The first kappa shape index (κ1) is 17.1. The Morgan fingerprint density at radius 2 is 2.00 bits per heavy atom. The first-order valence-electron chi connectivity index (χ1n) is 7.55. The molecule has 0 radical (unpaired) electrons. The lowest BCUT2D eigenvalue weighted by atomic mass is 10.2. The zero-order chi connectivity index (χ0) is 18.0. The van der Waals surface area contributed by atoms with Crippen LogP contribution in [0.3, 0.4) is 0 Å². The van der Waals surface area contributed by atoms with Gasteiger partial charge in [0.1, 0.15) is 23.7 Å². The standard InChI is InChI=1S/C17H15FN2O5/c18-12-5-2-10(3-6-12)1-4-11-8-20(17(24)19-16(11)23)15-7-13(22)14(9-21)25-15/h2-3,5-6,8,13-15,21-22H,7,9H2,(H,19,23,24)/t13-,14+,15+/m0/s1. The van der Waals surface area contributed by atoms with Crippen LogP contribution >= 0.6 is 0 Å². The zero-order valence-electron chi connectivity index (χ0n) is 13.0. The van der Waals surface area contributed by atoms with Gasteiger partial charge in [-0.2, -0.15) is 0 Å². The van der Waals surface area contributed by atoms with Crippen molar-refractivity contribution in [1.29, 1.82) is 0 Å². The van der Waals surface area contributed by atoms with E-state index in [9.17, 15) is 19.1 Å². The number of benzene rings is 1. The van der Waals surface area contributed by atoms with E-state index in [2.05, 4.69) is 16.8 Å². The summed E-state index contributed by atoms with van der Waals surface area (Å²) < 4.78 is 19.4. The SMILES string of the molecule is O=c1[nH]c(=O)n([C@H]2C[C@H](O)[C@@H](CO)O2)cc1C#Cc1ccc(F)cc1. The molecular formula is C17H15FN2O5. The van der Waals surface area contributed by atoms with Crippen LogP contribution in [0.1, 0.15) is 23.8 Å². The van der Waals surface area contributed by atoms with Crippen LogP contribution in [0.2, 0.25) is 0 Å². The molecule has 130 valence electrons. The monoisotopic (exact) mass is 346 g/mol. The number of halogens is 1. The molecule has 1 aliphatic rings. The van der Waals surface area contributed by atoms with Crippen molar-refractivity contribution in [1.82, 2.24) is 9.55 Å². The third-order valence-electron chi connectivity index (χ3n) is 3.85. The quantitative estimate of drug-likeness (QED) is 0.649. The summed E-state index contributed by atoms with van der Waals surface area (Å²) in [6.07, 6.45) is -1.18. The lowest BCUT2D eigenvalue weighted by Gasteiger charge is -2.14. The van der Waals surface area contributed by atoms with Crippen LogP contribution in [0.4, 0.5) is 4.39 Å². The molecule has 3 rings (SSSR count). The second-order valence-electron chi connectivity index (χ2n) is 5.58. The molecule has 0 aliphatic carbocycles. The van der Waals surface area contributed by atoms with E-state index in [-0.39, 0.29) is 18.6 Å². The summed E-state index contributed by atoms with van der Waals surface area (Å²) in [4.78, 5) is 26.0. The van der Waals surface area contributed by atoms with Crippen molar-refractivity contribution in [3.8, 4) is 11.8 Å². The third kappa shape index (κ3) is 3.69. The molecule has 1 saturated heterocycles. The Hall–Kier alpha value is -2.73. The molecule has 0 bridgehead atoms. The second kappa shape index (κ2) is 7.03. The fraction of sp³-hybridized carbons (Fsp3) is 0.294. The van der Waals surface area contributed by atoms with E-state index in [1.54, 1.807) is 0 Å². The predicted molar refractivity (Wildman–Crippen MR) is 85.3 cm³/mol. The van der Waals surface area contributed by atoms with Gasteiger partial charge < -0.3 is 14.9 Å². The van der Waals surface area contributed by atoms with Gasteiger partial charge in [0.2, 0.25) is 0 Å². The number of nitrogens with one attached hydrogen (secondary N) is 1. The summed E-state index contributed by atoms with van der Waals surface area (Å²) >= 11 is 0. The number of H-pyrrole nitrogens is 1. The molecule has 1 aliphatic heterocycles. The van der Waals surface area contributed by atoms with E-state index in [0.29, 0.717) is 5.56 Å². The molecule has 1 fully saturated rings. The maximum absolute atomic E-state index is 12.9. The van der Waals surface area contributed by atoms with Crippen molar-refractivity contribution in [2.45, 2.75) is 24.9 Å². The van der Waals surface area contributed by atoms with Crippen LogP contribution in [-0.2, 0) is 4.74 Å². The first-order valence-corrected chi connectivity index (χ1v) is 7.55. The summed E-state index contributed by atoms with van der Waals surface area (Å²) in [6.45, 7) is -0.382. The molecule has 2 heterocycles. The maximum atomic E-state index is 12.9. The number of rotatable bonds is 2. The Balaban J connectivity index is 1.93. The lowest BCUT2D eigenvalue weighted by molar-refractivity contribution is -0.0459. The van der Waals surface area contributed by atoms with Crippen LogP contribution in [0.25, 0.3) is 0 Å². The van der Waals surface area contributed by atoms with Crippen molar-refractivity contribution < 1.29 is 19.3 Å². The van der Waals surface area contributed by atoms with Gasteiger partial charge in [-0.05, 0) is 24.3 Å². The number of ether oxygens (including phenoxy) is 1. The molecule has 8 heteroatoms. The van der Waals surface area contributed by atoms with E-state index in [1.807, 2.05) is 0 Å². The van der Waals surface area contributed by atoms with Crippen molar-refractivity contribution >= 4 is 0 Å². The van der Waals surface area contributed by atoms with Gasteiger partial charge in [0.05, 0.1) is 12.7 Å². The second-order valence-corrected chi connectivity index (χ2v) is 5.58. The summed E-state index contributed by atoms with van der Waals surface area (Å²) in [7, 11) is 0. The fourth-order valence-electron chi connectivity index (χ4n) is 2.51. The van der Waals surface area contributed by atoms with E-state index in [4.69, 9.17) is 9.84 Å². The maximum Gasteiger partial charge on any atom is 0.330 e. The predicted octanol–water partition coefficient (Wildman–Crippen LogP) is -0.284. The van der Waals surface area contributed by atoms with Crippen LogP contribution in [0.5, 0.6) is 0 Å². The van der Waals surface area contributed by atoms with Crippen LogP contribution in [-0.4, -0.2) is 38.6 Å². The number of hydrogen-bond acceptors (Lipinski definition) is 5. The molecule has 0 spiro atoms. The minimum Gasteiger partial charge on any atom is -0.394 e. The average molecular weight is 346 g/mol. The van der Waals surface area contributed by atoms with E-state index in [1.165, 1.54) is 30.5 Å². The topological polar surface area (TPSA) is 105 Å². The average Bonchev–Trinajstić information content (AvgIpc) is 2.96. The molecule has 1 aromatic carbocycles. The molecule has 1 aromatic heterocycles. The highest BCUT2D eigenvalue weighted by atomic mass is 19.1. The van der Waals surface area contributed by atoms with E-state index < -0.39 is 35.5 Å². The van der Waals surface area contributed by atoms with Gasteiger partial charge in [-0.3, -0.25) is 14.3 Å². The lowest BCUT2D eigenvalue weighted by Crippen LogP contribution is -2.33. The fourth-order valence-corrected chi connectivity index (χ4v) is 2.51. The van der Waals surface area contributed by atoms with E-state index >= 15 is 0 Å². The van der Waals surface area contributed by atoms with Gasteiger partial charge in [0.25, 0.3) is 5.56 Å². The smallest absolute Gasteiger partial charge is 0.330 e. The molecule has 0 unspecified atom stereocenters. The van der Waals surface area contributed by atoms with Crippen molar-refractivity contribution in [2.24, 2.45) is 0 Å². The summed E-state index contributed by atoms with van der Waals surface area (Å²) in [5, 5.41) is 18.9. The van der Waals surface area contributed by atoms with Crippen LogP contribution in [0, 0.1) is 17.7 Å². The Labute approximate surface area is 141 Å². The highest BCUT2D eigenvalue weighted by Crippen LogP contribution is 2.27. The number of aromatic amines is 1. The number of nitrogens with zero attached hydrogens (tertiary/aromatic N) is 1. The molecule has 2 aromatic rings. The minimum absolute atomic E-state index is 0.0227. The van der Waals surface area contributed by atoms with Gasteiger partial charge in [-0.25, -0.2) is 9.18 Å². The van der Waals surface area contributed by atoms with Gasteiger partial charge in [0.15, 0.2) is 0 Å². The molecule has 7 nitrogen and oxygen atoms in total. The minimum atomic E-state index is -0.914. The normalized spacial score (nSPS) is 22.4. The number of aliphatic hydroxyl groups is 2. The molecule has 0 saturated carbocycles. The van der Waals surface area contributed by atoms with Crippen molar-refractivity contribution in [2.75, 3.05) is 6.61 Å². The molecule has 25 heavy (non-hydrogen) atoms. The Morgan fingerprint density at radius 1 is 1.28 bits per heavy atom. The largest absolute Gasteiger partial charge is 0.394 e. The highest BCUT2D eigenvalue weighted by Gasteiger charge is 2.35. The Bertz CT molecular complexity index is 938. The molecule has 3 N–H and O–H groups in total. The Morgan fingerprint density at radius 3 is 2.64 bits per heavy atom. The van der Waals surface area contributed by atoms with Crippen LogP contribution in [0.15, 0.2) is 40.1 Å². The summed E-state index contributed by atoms with van der Waals surface area (Å²) in [5.74, 6) is 4.95. The van der Waals surface area contributed by atoms with Gasteiger partial charge in [0, 0.05) is 18.2 Å². The Kier molecular flexibility index (Phi) is 4.81.